The molecule has 0 radical (unpaired) electrons. The molecular weight excluding hydrogens is 409 g/mol. The Labute approximate surface area is 187 Å². The maximum absolute atomic E-state index is 13.5. The van der Waals surface area contributed by atoms with Gasteiger partial charge in [0.25, 0.3) is 11.8 Å². The van der Waals surface area contributed by atoms with Gasteiger partial charge in [-0.15, -0.1) is 0 Å². The van der Waals surface area contributed by atoms with Gasteiger partial charge in [0.05, 0.1) is 5.71 Å². The van der Waals surface area contributed by atoms with Crippen molar-refractivity contribution in [1.82, 2.24) is 9.80 Å². The van der Waals surface area contributed by atoms with Crippen LogP contribution in [0.15, 0.2) is 59.8 Å². The van der Waals surface area contributed by atoms with E-state index in [9.17, 15) is 14.0 Å². The molecule has 4 rings (SSSR count). The summed E-state index contributed by atoms with van der Waals surface area (Å²) < 4.78 is 13.5. The van der Waals surface area contributed by atoms with Gasteiger partial charge in [-0.05, 0) is 43.5 Å². The van der Waals surface area contributed by atoms with Crippen LogP contribution in [0.3, 0.4) is 0 Å². The normalized spacial score (nSPS) is 18.8. The summed E-state index contributed by atoms with van der Waals surface area (Å²) in [5, 5.41) is 4.06. The molecule has 7 heteroatoms. The molecule has 0 N–H and O–H groups in total. The van der Waals surface area contributed by atoms with E-state index < -0.39 is 6.10 Å². The summed E-state index contributed by atoms with van der Waals surface area (Å²) in [4.78, 5) is 35.2. The van der Waals surface area contributed by atoms with Crippen molar-refractivity contribution in [3.05, 3.63) is 71.5 Å². The lowest BCUT2D eigenvalue weighted by molar-refractivity contribution is -0.145. The van der Waals surface area contributed by atoms with E-state index in [1.807, 2.05) is 47.1 Å². The first kappa shape index (κ1) is 22.0. The zero-order chi connectivity index (χ0) is 22.5. The number of hydrogen-bond acceptors (Lipinski definition) is 4. The SMILES string of the molecule is CCCN(C(=O)C1CC(c2cccc(F)c2)=NO1)C1CCN(C(=O)c2ccccc2)CC1. The number of carbonyl (C=O) groups is 2. The van der Waals surface area contributed by atoms with E-state index in [4.69, 9.17) is 4.84 Å². The largest absolute Gasteiger partial charge is 0.382 e. The van der Waals surface area contributed by atoms with Gasteiger partial charge in [-0.3, -0.25) is 9.59 Å². The number of carbonyl (C=O) groups excluding carboxylic acids is 2. The van der Waals surface area contributed by atoms with Crippen LogP contribution in [0.4, 0.5) is 4.39 Å². The average Bonchev–Trinajstić information content (AvgIpc) is 3.33. The maximum Gasteiger partial charge on any atom is 0.267 e. The maximum atomic E-state index is 13.5. The number of hydrogen-bond donors (Lipinski definition) is 0. The molecule has 0 spiro atoms. The first-order valence-corrected chi connectivity index (χ1v) is 11.2. The standard InChI is InChI=1S/C25H28FN3O3/c1-2-13-29(21-11-14-28(15-12-21)24(30)18-7-4-3-5-8-18)25(31)23-17-22(27-32-23)19-9-6-10-20(26)16-19/h3-10,16,21,23H,2,11-15,17H2,1H3. The fourth-order valence-electron chi connectivity index (χ4n) is 4.39. The van der Waals surface area contributed by atoms with Crippen LogP contribution in [0.25, 0.3) is 0 Å². The lowest BCUT2D eigenvalue weighted by Crippen LogP contribution is -2.51. The molecule has 1 saturated heterocycles. The minimum Gasteiger partial charge on any atom is -0.382 e. The molecule has 2 aromatic carbocycles. The molecule has 2 aliphatic heterocycles. The van der Waals surface area contributed by atoms with Crippen molar-refractivity contribution in [2.24, 2.45) is 5.16 Å². The Balaban J connectivity index is 1.37. The molecule has 1 fully saturated rings. The van der Waals surface area contributed by atoms with E-state index >= 15 is 0 Å². The first-order chi connectivity index (χ1) is 15.6. The number of piperidine rings is 1. The second-order valence-corrected chi connectivity index (χ2v) is 8.27. The molecule has 2 aromatic rings. The van der Waals surface area contributed by atoms with Crippen LogP contribution in [0.2, 0.25) is 0 Å². The van der Waals surface area contributed by atoms with E-state index in [0.29, 0.717) is 42.9 Å². The van der Waals surface area contributed by atoms with E-state index in [2.05, 4.69) is 5.16 Å². The number of oxime groups is 1. The number of amides is 2. The summed E-state index contributed by atoms with van der Waals surface area (Å²) in [6.07, 6.45) is 1.93. The monoisotopic (exact) mass is 437 g/mol. The second-order valence-electron chi connectivity index (χ2n) is 8.27. The molecule has 1 unspecified atom stereocenters. The van der Waals surface area contributed by atoms with Crippen molar-refractivity contribution in [2.45, 2.75) is 44.8 Å². The minimum absolute atomic E-state index is 0.0321. The van der Waals surface area contributed by atoms with Crippen LogP contribution in [0, 0.1) is 5.82 Å². The molecule has 168 valence electrons. The predicted molar refractivity (Wildman–Crippen MR) is 120 cm³/mol. The first-order valence-electron chi connectivity index (χ1n) is 11.2. The molecule has 2 heterocycles. The van der Waals surface area contributed by atoms with Crippen LogP contribution in [0.5, 0.6) is 0 Å². The van der Waals surface area contributed by atoms with Crippen molar-refractivity contribution < 1.29 is 18.8 Å². The third kappa shape index (κ3) is 4.82. The molecule has 2 amide bonds. The molecule has 6 nitrogen and oxygen atoms in total. The van der Waals surface area contributed by atoms with Crippen LogP contribution in [-0.4, -0.2) is 59.1 Å². The van der Waals surface area contributed by atoms with Crippen molar-refractivity contribution >= 4 is 17.5 Å². The van der Waals surface area contributed by atoms with Crippen LogP contribution < -0.4 is 0 Å². The Bertz CT molecular complexity index is 987. The number of nitrogens with zero attached hydrogens (tertiary/aromatic N) is 3. The van der Waals surface area contributed by atoms with Gasteiger partial charge in [0.2, 0.25) is 6.10 Å². The van der Waals surface area contributed by atoms with E-state index in [0.717, 1.165) is 19.3 Å². The third-order valence-corrected chi connectivity index (χ3v) is 6.06. The van der Waals surface area contributed by atoms with Crippen LogP contribution in [0.1, 0.15) is 48.5 Å². The van der Waals surface area contributed by atoms with E-state index in [-0.39, 0.29) is 23.7 Å². The van der Waals surface area contributed by atoms with Gasteiger partial charge in [-0.2, -0.15) is 0 Å². The van der Waals surface area contributed by atoms with Gasteiger partial charge in [-0.1, -0.05) is 42.4 Å². The molecule has 2 aliphatic rings. The van der Waals surface area contributed by atoms with Gasteiger partial charge < -0.3 is 14.6 Å². The zero-order valence-electron chi connectivity index (χ0n) is 18.2. The molecule has 0 aromatic heterocycles. The summed E-state index contributed by atoms with van der Waals surface area (Å²) in [6, 6.07) is 15.5. The summed E-state index contributed by atoms with van der Waals surface area (Å²) in [7, 11) is 0. The van der Waals surface area contributed by atoms with E-state index in [1.54, 1.807) is 12.1 Å². The van der Waals surface area contributed by atoms with Gasteiger partial charge in [-0.25, -0.2) is 4.39 Å². The number of rotatable bonds is 6. The van der Waals surface area contributed by atoms with Crippen molar-refractivity contribution in [2.75, 3.05) is 19.6 Å². The van der Waals surface area contributed by atoms with Crippen LogP contribution in [-0.2, 0) is 9.63 Å². The summed E-state index contributed by atoms with van der Waals surface area (Å²) in [5.41, 5.74) is 1.91. The predicted octanol–water partition coefficient (Wildman–Crippen LogP) is 3.86. The highest BCUT2D eigenvalue weighted by Crippen LogP contribution is 2.24. The minimum atomic E-state index is -0.691. The summed E-state index contributed by atoms with van der Waals surface area (Å²) in [5.74, 6) is -0.399. The summed E-state index contributed by atoms with van der Waals surface area (Å²) in [6.45, 7) is 3.90. The lowest BCUT2D eigenvalue weighted by Gasteiger charge is -2.39. The highest BCUT2D eigenvalue weighted by molar-refractivity contribution is 6.04. The lowest BCUT2D eigenvalue weighted by atomic mass is 9.99. The quantitative estimate of drug-likeness (QED) is 0.689. The van der Waals surface area contributed by atoms with Crippen molar-refractivity contribution in [3.63, 3.8) is 0 Å². The molecule has 32 heavy (non-hydrogen) atoms. The average molecular weight is 438 g/mol. The topological polar surface area (TPSA) is 62.2 Å². The Morgan fingerprint density at radius 2 is 1.88 bits per heavy atom. The highest BCUT2D eigenvalue weighted by atomic mass is 19.1. The third-order valence-electron chi connectivity index (χ3n) is 6.06. The molecular formula is C25H28FN3O3. The van der Waals surface area contributed by atoms with Gasteiger partial charge in [0, 0.05) is 43.2 Å². The number of benzene rings is 2. The Morgan fingerprint density at radius 1 is 1.12 bits per heavy atom. The molecule has 0 bridgehead atoms. The second kappa shape index (κ2) is 9.94. The Hall–Kier alpha value is -3.22. The van der Waals surface area contributed by atoms with Crippen molar-refractivity contribution in [3.8, 4) is 0 Å². The number of likely N-dealkylation sites (tertiary alicyclic amines) is 1. The fraction of sp³-hybridized carbons (Fsp3) is 0.400. The van der Waals surface area contributed by atoms with Gasteiger partial charge in [0.15, 0.2) is 0 Å². The van der Waals surface area contributed by atoms with E-state index in [1.165, 1.54) is 12.1 Å². The fourth-order valence-corrected chi connectivity index (χ4v) is 4.39. The molecule has 0 aliphatic carbocycles. The summed E-state index contributed by atoms with van der Waals surface area (Å²) >= 11 is 0. The smallest absolute Gasteiger partial charge is 0.267 e. The molecule has 0 saturated carbocycles. The highest BCUT2D eigenvalue weighted by Gasteiger charge is 2.36. The Morgan fingerprint density at radius 3 is 2.56 bits per heavy atom. The van der Waals surface area contributed by atoms with Crippen LogP contribution >= 0.6 is 0 Å². The van der Waals surface area contributed by atoms with Gasteiger partial charge in [0.1, 0.15) is 5.82 Å². The Kier molecular flexibility index (Phi) is 6.83. The zero-order valence-corrected chi connectivity index (χ0v) is 18.2. The van der Waals surface area contributed by atoms with Gasteiger partial charge >= 0.3 is 0 Å². The van der Waals surface area contributed by atoms with Crippen molar-refractivity contribution in [1.29, 1.82) is 0 Å². The molecule has 1 atom stereocenters. The number of halogens is 1.